The minimum atomic E-state index is -4.64. The van der Waals surface area contributed by atoms with Gasteiger partial charge in [0.1, 0.15) is 24.4 Å². The Bertz CT molecular complexity index is 854. The first-order chi connectivity index (χ1) is 19.0. The topological polar surface area (TPSA) is 586 Å². The number of nitrogens with one attached hydrogen (secondary N) is 1. The zero-order valence-electron chi connectivity index (χ0n) is 21.4. The number of phosphoric acid groups is 6. The van der Waals surface area contributed by atoms with Gasteiger partial charge in [0, 0.05) is 6.92 Å². The van der Waals surface area contributed by atoms with E-state index in [-0.39, 0.29) is 0 Å². The maximum atomic E-state index is 10.7. The van der Waals surface area contributed by atoms with E-state index in [2.05, 4.69) is 5.32 Å². The lowest BCUT2D eigenvalue weighted by atomic mass is 9.97. The Morgan fingerprint density at radius 3 is 0.889 bits per heavy atom. The molecule has 1 aliphatic heterocycles. The summed E-state index contributed by atoms with van der Waals surface area (Å²) in [6.45, 7) is 0.687. The molecule has 1 amide bonds. The van der Waals surface area contributed by atoms with Gasteiger partial charge in [0.15, 0.2) is 6.29 Å². The minimum Gasteiger partial charge on any atom is -0.394 e. The number of carbonyl (C=O) groups is 1. The van der Waals surface area contributed by atoms with Gasteiger partial charge in [0.25, 0.3) is 0 Å². The molecule has 1 aliphatic rings. The molecule has 0 aromatic rings. The van der Waals surface area contributed by atoms with Crippen LogP contribution in [0.3, 0.4) is 0 Å². The van der Waals surface area contributed by atoms with Gasteiger partial charge in [0.2, 0.25) is 5.91 Å². The number of hydrogen-bond donors (Lipinski definition) is 23. The number of carbonyl (C=O) groups excluding carboxylic acids is 1. The molecule has 45 heavy (non-hydrogen) atoms. The van der Waals surface area contributed by atoms with Crippen molar-refractivity contribution in [3.05, 3.63) is 0 Å². The number of hydrogen-bond acceptors (Lipinski definition) is 12. The average molecular weight is 809 g/mol. The number of amides is 1. The molecule has 23 N–H and O–H groups in total. The van der Waals surface area contributed by atoms with Crippen LogP contribution in [-0.2, 0) is 36.9 Å². The molecule has 0 saturated carbocycles. The molecular formula is C8H33NO30P6. The van der Waals surface area contributed by atoms with Crippen LogP contribution < -0.4 is 5.32 Å². The largest absolute Gasteiger partial charge is 0.466 e. The molecule has 0 spiro atoms. The van der Waals surface area contributed by atoms with Crippen molar-refractivity contribution in [3.8, 4) is 0 Å². The van der Waals surface area contributed by atoms with E-state index < -0.39 is 90.1 Å². The first-order valence-corrected chi connectivity index (χ1v) is 18.6. The third-order valence-electron chi connectivity index (χ3n) is 2.27. The summed E-state index contributed by atoms with van der Waals surface area (Å²) in [4.78, 5) is 140. The van der Waals surface area contributed by atoms with Gasteiger partial charge in [-0.25, -0.2) is 27.4 Å². The Kier molecular flexibility index (Phi) is 31.8. The van der Waals surface area contributed by atoms with Crippen LogP contribution in [0.4, 0.5) is 0 Å². The van der Waals surface area contributed by atoms with Crippen molar-refractivity contribution < 1.29 is 145 Å². The van der Waals surface area contributed by atoms with Crippen molar-refractivity contribution in [2.75, 3.05) is 6.61 Å². The molecule has 280 valence electrons. The van der Waals surface area contributed by atoms with Gasteiger partial charge in [-0.05, 0) is 0 Å². The maximum absolute atomic E-state index is 10.7. The molecule has 1 saturated heterocycles. The van der Waals surface area contributed by atoms with E-state index in [1.165, 1.54) is 6.92 Å². The van der Waals surface area contributed by atoms with Crippen LogP contribution in [0.25, 0.3) is 0 Å². The molecule has 1 fully saturated rings. The smallest absolute Gasteiger partial charge is 0.394 e. The molecule has 31 nitrogen and oxygen atoms in total. The van der Waals surface area contributed by atoms with Crippen LogP contribution in [0.1, 0.15) is 6.92 Å². The highest BCUT2D eigenvalue weighted by molar-refractivity contribution is 7.46. The quantitative estimate of drug-likeness (QED) is 0.115. The molecule has 0 aromatic heterocycles. The maximum Gasteiger partial charge on any atom is 0.466 e. The van der Waals surface area contributed by atoms with E-state index in [9.17, 15) is 20.1 Å². The van der Waals surface area contributed by atoms with E-state index in [0.29, 0.717) is 0 Å². The van der Waals surface area contributed by atoms with Crippen molar-refractivity contribution in [1.82, 2.24) is 5.32 Å². The highest BCUT2D eigenvalue weighted by Gasteiger charge is 2.43. The second kappa shape index (κ2) is 25.0. The van der Waals surface area contributed by atoms with E-state index in [4.69, 9.17) is 125 Å². The Balaban J connectivity index is -0.000000107. The lowest BCUT2D eigenvalue weighted by Crippen LogP contribution is -2.63. The zero-order chi connectivity index (χ0) is 38.6. The third-order valence-corrected chi connectivity index (χ3v) is 2.27. The third kappa shape index (κ3) is 115. The van der Waals surface area contributed by atoms with Gasteiger partial charge in [-0.3, -0.25) is 4.79 Å². The minimum absolute atomic E-state index is 0.462. The van der Waals surface area contributed by atoms with Gasteiger partial charge in [-0.1, -0.05) is 0 Å². The fourth-order valence-corrected chi connectivity index (χ4v) is 1.49. The Labute approximate surface area is 248 Å². The van der Waals surface area contributed by atoms with Crippen LogP contribution in [0.5, 0.6) is 0 Å². The van der Waals surface area contributed by atoms with Gasteiger partial charge < -0.3 is 119 Å². The van der Waals surface area contributed by atoms with Gasteiger partial charge in [-0.15, -0.1) is 0 Å². The number of rotatable bonds is 2. The van der Waals surface area contributed by atoms with Crippen LogP contribution in [-0.4, -0.2) is 152 Å². The Morgan fingerprint density at radius 1 is 0.533 bits per heavy atom. The fraction of sp³-hybridized carbons (Fsp3) is 0.875. The zero-order valence-corrected chi connectivity index (χ0v) is 26.7. The van der Waals surface area contributed by atoms with Crippen LogP contribution in [0.2, 0.25) is 0 Å². The molecule has 0 aromatic carbocycles. The van der Waals surface area contributed by atoms with Crippen molar-refractivity contribution in [3.63, 3.8) is 0 Å². The van der Waals surface area contributed by atoms with Crippen molar-refractivity contribution in [1.29, 1.82) is 0 Å². The predicted molar refractivity (Wildman–Crippen MR) is 133 cm³/mol. The first kappa shape index (κ1) is 57.2. The molecule has 1 rings (SSSR count). The van der Waals surface area contributed by atoms with Crippen molar-refractivity contribution in [2.45, 2.75) is 37.6 Å². The van der Waals surface area contributed by atoms with Gasteiger partial charge >= 0.3 is 46.9 Å². The van der Waals surface area contributed by atoms with E-state index >= 15 is 0 Å². The summed E-state index contributed by atoms with van der Waals surface area (Å²) in [6, 6.07) is -1.10. The van der Waals surface area contributed by atoms with Crippen LogP contribution in [0, 0.1) is 0 Å². The summed E-state index contributed by atoms with van der Waals surface area (Å²) < 4.78 is 58.1. The monoisotopic (exact) mass is 809 g/mol. The molecule has 5 atom stereocenters. The molecule has 1 heterocycles. The van der Waals surface area contributed by atoms with Crippen molar-refractivity contribution in [2.24, 2.45) is 0 Å². The van der Waals surface area contributed by atoms with E-state index in [0.717, 1.165) is 0 Å². The van der Waals surface area contributed by atoms with E-state index in [1.807, 2.05) is 0 Å². The lowest BCUT2D eigenvalue weighted by molar-refractivity contribution is -0.253. The molecule has 0 aliphatic carbocycles. The first-order valence-electron chi connectivity index (χ1n) is 9.24. The molecule has 0 bridgehead atoms. The van der Waals surface area contributed by atoms with Gasteiger partial charge in [0.05, 0.1) is 6.61 Å². The van der Waals surface area contributed by atoms with Gasteiger partial charge in [-0.2, -0.15) is 0 Å². The van der Waals surface area contributed by atoms with E-state index in [1.54, 1.807) is 0 Å². The van der Waals surface area contributed by atoms with Crippen LogP contribution >= 0.6 is 46.9 Å². The summed E-state index contributed by atoms with van der Waals surface area (Å²) in [5, 5.41) is 39.4. The average Bonchev–Trinajstić information content (AvgIpc) is 2.60. The number of aliphatic hydroxyl groups is 4. The number of aliphatic hydroxyl groups excluding tert-OH is 4. The van der Waals surface area contributed by atoms with Crippen LogP contribution in [0.15, 0.2) is 0 Å². The second-order valence-corrected chi connectivity index (χ2v) is 12.7. The Hall–Kier alpha value is -0.0700. The normalized spacial score (nSPS) is 21.6. The molecular weight excluding hydrogens is 776 g/mol. The Morgan fingerprint density at radius 2 is 0.733 bits per heavy atom. The summed E-state index contributed by atoms with van der Waals surface area (Å²) in [5.74, 6) is -0.462. The molecule has 37 heteroatoms. The fourth-order valence-electron chi connectivity index (χ4n) is 1.49. The molecule has 0 radical (unpaired) electrons. The summed E-state index contributed by atoms with van der Waals surface area (Å²) in [5.41, 5.74) is 0. The summed E-state index contributed by atoms with van der Waals surface area (Å²) in [6.07, 6.45) is -5.24. The highest BCUT2D eigenvalue weighted by Crippen LogP contribution is 2.28. The second-order valence-electron chi connectivity index (χ2n) is 6.53. The predicted octanol–water partition coefficient (Wildman–Crippen LogP) is -8.65. The highest BCUT2D eigenvalue weighted by atomic mass is 31.2. The standard InChI is InChI=1S/C8H15NO6.6H3O4P/c1-3(11)9-5-7(13)6(12)4(2-10)15-8(5)14;6*1-5(2,3)4/h4-8,10,12-14H,2H2,1H3,(H,9,11);6*(H3,1,2,3,4)/t4-,5+,6-,7-,8?;;;;;;/m1....../s1. The van der Waals surface area contributed by atoms with Crippen molar-refractivity contribution >= 4 is 52.8 Å². The summed E-state index contributed by atoms with van der Waals surface area (Å²) in [7, 11) is -27.8. The molecule has 1 unspecified atom stereocenters. The number of ether oxygens (including phenoxy) is 1. The SMILES string of the molecule is CC(=O)N[C@@H]1C(O)O[C@H](CO)[C@@H](O)[C@@H]1O.O=P(O)(O)O.O=P(O)(O)O.O=P(O)(O)O.O=P(O)(O)O.O=P(O)(O)O.O=P(O)(O)O. The lowest BCUT2D eigenvalue weighted by Gasteiger charge is -2.40. The summed E-state index contributed by atoms with van der Waals surface area (Å²) >= 11 is 0.